The van der Waals surface area contributed by atoms with Gasteiger partial charge in [-0.3, -0.25) is 0 Å². The summed E-state index contributed by atoms with van der Waals surface area (Å²) in [4.78, 5) is 1.34. The van der Waals surface area contributed by atoms with Crippen molar-refractivity contribution in [2.75, 3.05) is 6.54 Å². The van der Waals surface area contributed by atoms with Crippen LogP contribution in [0.1, 0.15) is 43.5 Å². The van der Waals surface area contributed by atoms with Crippen molar-refractivity contribution in [2.45, 2.75) is 44.2 Å². The Morgan fingerprint density at radius 1 is 1.53 bits per heavy atom. The van der Waals surface area contributed by atoms with Crippen LogP contribution in [0.25, 0.3) is 0 Å². The van der Waals surface area contributed by atoms with E-state index in [-0.39, 0.29) is 0 Å². The molecule has 0 unspecified atom stereocenters. The number of aliphatic hydroxyl groups is 1. The van der Waals surface area contributed by atoms with Crippen LogP contribution < -0.4 is 5.32 Å². The van der Waals surface area contributed by atoms with E-state index in [1.54, 1.807) is 11.3 Å². The molecule has 84 valence electrons. The molecular weight excluding hydrogens is 206 g/mol. The van der Waals surface area contributed by atoms with Gasteiger partial charge in [-0.05, 0) is 31.2 Å². The second-order valence-corrected chi connectivity index (χ2v) is 5.53. The number of nitrogens with one attached hydrogen (secondary N) is 1. The molecule has 1 fully saturated rings. The first kappa shape index (κ1) is 11.1. The fraction of sp³-hybridized carbons (Fsp3) is 0.667. The first-order valence-corrected chi connectivity index (χ1v) is 6.57. The Kier molecular flexibility index (Phi) is 3.44. The Morgan fingerprint density at radius 3 is 2.87 bits per heavy atom. The molecule has 0 spiro atoms. The quantitative estimate of drug-likeness (QED) is 0.826. The van der Waals surface area contributed by atoms with Crippen molar-refractivity contribution in [3.05, 3.63) is 22.4 Å². The minimum Gasteiger partial charge on any atom is -0.389 e. The number of hydrogen-bond acceptors (Lipinski definition) is 3. The Bertz CT molecular complexity index is 291. The summed E-state index contributed by atoms with van der Waals surface area (Å²) < 4.78 is 0. The van der Waals surface area contributed by atoms with Gasteiger partial charge in [-0.15, -0.1) is 11.3 Å². The van der Waals surface area contributed by atoms with E-state index in [2.05, 4.69) is 29.8 Å². The van der Waals surface area contributed by atoms with Crippen LogP contribution in [-0.2, 0) is 0 Å². The van der Waals surface area contributed by atoms with Crippen molar-refractivity contribution in [1.29, 1.82) is 0 Å². The lowest BCUT2D eigenvalue weighted by Crippen LogP contribution is -2.38. The summed E-state index contributed by atoms with van der Waals surface area (Å²) in [5.41, 5.74) is -0.439. The molecule has 1 aliphatic rings. The molecule has 0 amide bonds. The highest BCUT2D eigenvalue weighted by atomic mass is 32.1. The number of rotatable bonds is 4. The van der Waals surface area contributed by atoms with Gasteiger partial charge in [0.1, 0.15) is 0 Å². The predicted molar refractivity (Wildman–Crippen MR) is 64.2 cm³/mol. The maximum Gasteiger partial charge on any atom is 0.0771 e. The molecule has 1 aromatic heterocycles. The second kappa shape index (κ2) is 4.64. The van der Waals surface area contributed by atoms with E-state index in [9.17, 15) is 5.11 Å². The molecule has 15 heavy (non-hydrogen) atoms. The monoisotopic (exact) mass is 225 g/mol. The highest BCUT2D eigenvalue weighted by Gasteiger charge is 2.31. The lowest BCUT2D eigenvalue weighted by Gasteiger charge is -2.24. The van der Waals surface area contributed by atoms with Crippen molar-refractivity contribution >= 4 is 11.3 Å². The Balaban J connectivity index is 1.83. The normalized spacial score (nSPS) is 21.7. The Labute approximate surface area is 95.3 Å². The lowest BCUT2D eigenvalue weighted by molar-refractivity contribution is 0.0454. The SMILES string of the molecule is C[C@H](NCC1(O)CCCC1)c1cccs1. The van der Waals surface area contributed by atoms with Gasteiger partial charge in [0.25, 0.3) is 0 Å². The summed E-state index contributed by atoms with van der Waals surface area (Å²) in [6, 6.07) is 4.57. The maximum atomic E-state index is 10.2. The number of thiophene rings is 1. The highest BCUT2D eigenvalue weighted by Crippen LogP contribution is 2.29. The third-order valence-corrected chi connectivity index (χ3v) is 4.30. The Morgan fingerprint density at radius 2 is 2.27 bits per heavy atom. The van der Waals surface area contributed by atoms with Gasteiger partial charge >= 0.3 is 0 Å². The largest absolute Gasteiger partial charge is 0.389 e. The molecule has 1 atom stereocenters. The standard InChI is InChI=1S/C12H19NOS/c1-10(11-5-4-8-15-11)13-9-12(14)6-2-3-7-12/h4-5,8,10,13-14H,2-3,6-7,9H2,1H3/t10-/m0/s1. The third-order valence-electron chi connectivity index (χ3n) is 3.24. The van der Waals surface area contributed by atoms with Crippen LogP contribution in [0.5, 0.6) is 0 Å². The average molecular weight is 225 g/mol. The summed E-state index contributed by atoms with van der Waals surface area (Å²) in [6.45, 7) is 2.89. The van der Waals surface area contributed by atoms with E-state index >= 15 is 0 Å². The maximum absolute atomic E-state index is 10.2. The van der Waals surface area contributed by atoms with Crippen LogP contribution in [0.4, 0.5) is 0 Å². The van der Waals surface area contributed by atoms with Crippen LogP contribution in [0.2, 0.25) is 0 Å². The molecule has 0 saturated heterocycles. The van der Waals surface area contributed by atoms with Crippen molar-refractivity contribution < 1.29 is 5.11 Å². The van der Waals surface area contributed by atoms with Gasteiger partial charge in [0.05, 0.1) is 5.60 Å². The van der Waals surface area contributed by atoms with E-state index in [0.717, 1.165) is 19.4 Å². The summed E-state index contributed by atoms with van der Waals surface area (Å²) >= 11 is 1.77. The van der Waals surface area contributed by atoms with Crippen LogP contribution in [0.3, 0.4) is 0 Å². The molecule has 0 radical (unpaired) electrons. The predicted octanol–water partition coefficient (Wildman–Crippen LogP) is 2.70. The molecule has 1 heterocycles. The first-order chi connectivity index (χ1) is 7.20. The smallest absolute Gasteiger partial charge is 0.0771 e. The van der Waals surface area contributed by atoms with Crippen LogP contribution >= 0.6 is 11.3 Å². The van der Waals surface area contributed by atoms with Crippen LogP contribution in [-0.4, -0.2) is 17.3 Å². The van der Waals surface area contributed by atoms with Crippen molar-refractivity contribution in [1.82, 2.24) is 5.32 Å². The zero-order chi connectivity index (χ0) is 10.7. The molecular formula is C12H19NOS. The zero-order valence-electron chi connectivity index (χ0n) is 9.20. The van der Waals surface area contributed by atoms with Gasteiger partial charge in [-0.25, -0.2) is 0 Å². The molecule has 2 N–H and O–H groups in total. The van der Waals surface area contributed by atoms with E-state index in [0.29, 0.717) is 6.04 Å². The van der Waals surface area contributed by atoms with E-state index in [1.807, 2.05) is 0 Å². The van der Waals surface area contributed by atoms with E-state index in [4.69, 9.17) is 0 Å². The van der Waals surface area contributed by atoms with E-state index < -0.39 is 5.60 Å². The molecule has 1 saturated carbocycles. The fourth-order valence-corrected chi connectivity index (χ4v) is 2.95. The van der Waals surface area contributed by atoms with Gasteiger partial charge in [0.2, 0.25) is 0 Å². The number of hydrogen-bond donors (Lipinski definition) is 2. The minimum absolute atomic E-state index is 0.356. The summed E-state index contributed by atoms with van der Waals surface area (Å²) in [5.74, 6) is 0. The third kappa shape index (κ3) is 2.80. The van der Waals surface area contributed by atoms with Crippen molar-refractivity contribution in [3.63, 3.8) is 0 Å². The molecule has 2 nitrogen and oxygen atoms in total. The minimum atomic E-state index is -0.439. The van der Waals surface area contributed by atoms with Gasteiger partial charge < -0.3 is 10.4 Å². The molecule has 1 aromatic rings. The van der Waals surface area contributed by atoms with Crippen molar-refractivity contribution in [2.24, 2.45) is 0 Å². The van der Waals surface area contributed by atoms with Gasteiger partial charge in [0.15, 0.2) is 0 Å². The lowest BCUT2D eigenvalue weighted by atomic mass is 10.0. The second-order valence-electron chi connectivity index (χ2n) is 4.55. The van der Waals surface area contributed by atoms with Gasteiger partial charge in [0, 0.05) is 17.5 Å². The first-order valence-electron chi connectivity index (χ1n) is 5.69. The molecule has 0 aromatic carbocycles. The molecule has 2 rings (SSSR count). The van der Waals surface area contributed by atoms with Crippen LogP contribution in [0, 0.1) is 0 Å². The summed E-state index contributed by atoms with van der Waals surface area (Å²) in [5, 5.41) is 15.7. The summed E-state index contributed by atoms with van der Waals surface area (Å²) in [7, 11) is 0. The molecule has 3 heteroatoms. The topological polar surface area (TPSA) is 32.3 Å². The average Bonchev–Trinajstić information content (AvgIpc) is 2.85. The zero-order valence-corrected chi connectivity index (χ0v) is 10.0. The summed E-state index contributed by atoms with van der Waals surface area (Å²) in [6.07, 6.45) is 4.26. The highest BCUT2D eigenvalue weighted by molar-refractivity contribution is 7.10. The van der Waals surface area contributed by atoms with Crippen molar-refractivity contribution in [3.8, 4) is 0 Å². The fourth-order valence-electron chi connectivity index (χ4n) is 2.19. The molecule has 0 aliphatic heterocycles. The van der Waals surface area contributed by atoms with Gasteiger partial charge in [-0.1, -0.05) is 18.9 Å². The van der Waals surface area contributed by atoms with Crippen LogP contribution in [0.15, 0.2) is 17.5 Å². The molecule has 1 aliphatic carbocycles. The Hall–Kier alpha value is -0.380. The van der Waals surface area contributed by atoms with Gasteiger partial charge in [-0.2, -0.15) is 0 Å². The van der Waals surface area contributed by atoms with E-state index in [1.165, 1.54) is 17.7 Å². The molecule has 0 bridgehead atoms.